The summed E-state index contributed by atoms with van der Waals surface area (Å²) in [5, 5.41) is 24.1. The smallest absolute Gasteiger partial charge is 0.418 e. The van der Waals surface area contributed by atoms with Gasteiger partial charge >= 0.3 is 6.18 Å². The Hall–Kier alpha value is -3.94. The number of H-pyrrole nitrogens is 1. The molecule has 11 heteroatoms. The van der Waals surface area contributed by atoms with Crippen molar-refractivity contribution < 1.29 is 22.3 Å². The molecule has 0 amide bonds. The van der Waals surface area contributed by atoms with Gasteiger partial charge in [0.05, 0.1) is 11.3 Å². The number of benzene rings is 2. The lowest BCUT2D eigenvalue weighted by Crippen LogP contribution is -2.09. The molecule has 0 saturated heterocycles. The Morgan fingerprint density at radius 2 is 1.86 bits per heavy atom. The Morgan fingerprint density at radius 1 is 1.14 bits per heavy atom. The summed E-state index contributed by atoms with van der Waals surface area (Å²) in [6, 6.07) is 9.83. The lowest BCUT2D eigenvalue weighted by Gasteiger charge is -2.15. The second-order valence-corrected chi connectivity index (χ2v) is 5.31. The van der Waals surface area contributed by atoms with E-state index in [1.54, 1.807) is 6.07 Å². The first-order valence-electron chi connectivity index (χ1n) is 7.62. The fourth-order valence-corrected chi connectivity index (χ4v) is 2.16. The monoisotopic (exact) mass is 390 g/mol. The van der Waals surface area contributed by atoms with Gasteiger partial charge in [-0.3, -0.25) is 0 Å². The number of nitrogens with zero attached hydrogens (tertiary/aromatic N) is 4. The second-order valence-electron chi connectivity index (χ2n) is 5.31. The molecular formula is C17H10F4N6O. The Labute approximate surface area is 155 Å². The van der Waals surface area contributed by atoms with Crippen LogP contribution >= 0.6 is 0 Å². The van der Waals surface area contributed by atoms with Crippen molar-refractivity contribution in [1.82, 2.24) is 20.6 Å². The topological polar surface area (TPSA) is 99.5 Å². The number of tetrazole rings is 1. The number of hydrogen-bond donors (Lipinski definition) is 2. The molecule has 0 aliphatic heterocycles. The van der Waals surface area contributed by atoms with E-state index in [1.165, 1.54) is 18.2 Å². The maximum Gasteiger partial charge on any atom is 0.418 e. The number of halogens is 4. The largest absolute Gasteiger partial charge is 0.457 e. The number of ether oxygens (including phenoxy) is 1. The molecule has 0 radical (unpaired) electrons. The summed E-state index contributed by atoms with van der Waals surface area (Å²) in [6.45, 7) is 0. The summed E-state index contributed by atoms with van der Waals surface area (Å²) in [4.78, 5) is 0. The highest BCUT2D eigenvalue weighted by atomic mass is 19.4. The van der Waals surface area contributed by atoms with Crippen molar-refractivity contribution in [3.05, 3.63) is 65.9 Å². The standard InChI is InChI=1S/C17H10F4N6O/c18-11-1-3-12(4-2-11)28-13-5-6-15(14(7-13)17(19,20)21)23-9-10(8-22)16-24-26-27-25-16/h1-7,9,23H,(H,24,25,26,27). The van der Waals surface area contributed by atoms with Crippen LogP contribution in [0.25, 0.3) is 5.57 Å². The summed E-state index contributed by atoms with van der Waals surface area (Å²) in [7, 11) is 0. The fraction of sp³-hybridized carbons (Fsp3) is 0.0588. The lowest BCUT2D eigenvalue weighted by atomic mass is 10.1. The Bertz CT molecular complexity index is 1020. The number of aromatic amines is 1. The van der Waals surface area contributed by atoms with Gasteiger partial charge in [0.15, 0.2) is 0 Å². The van der Waals surface area contributed by atoms with Crippen molar-refractivity contribution in [3.8, 4) is 17.6 Å². The van der Waals surface area contributed by atoms with E-state index in [0.29, 0.717) is 0 Å². The van der Waals surface area contributed by atoms with E-state index in [0.717, 1.165) is 30.5 Å². The highest BCUT2D eigenvalue weighted by Gasteiger charge is 2.34. The molecule has 1 aromatic heterocycles. The molecule has 142 valence electrons. The number of anilines is 1. The summed E-state index contributed by atoms with van der Waals surface area (Å²) in [5.41, 5.74) is -1.45. The van der Waals surface area contributed by atoms with E-state index in [9.17, 15) is 17.6 Å². The molecule has 0 aliphatic carbocycles. The number of allylic oxidation sites excluding steroid dienone is 1. The molecule has 2 N–H and O–H groups in total. The predicted octanol–water partition coefficient (Wildman–Crippen LogP) is 4.13. The van der Waals surface area contributed by atoms with Crippen LogP contribution in [0.1, 0.15) is 11.4 Å². The van der Waals surface area contributed by atoms with Gasteiger partial charge < -0.3 is 10.1 Å². The van der Waals surface area contributed by atoms with Crippen molar-refractivity contribution in [2.24, 2.45) is 0 Å². The van der Waals surface area contributed by atoms with Crippen LogP contribution in [0.3, 0.4) is 0 Å². The van der Waals surface area contributed by atoms with E-state index >= 15 is 0 Å². The normalized spacial score (nSPS) is 11.8. The van der Waals surface area contributed by atoms with Crippen LogP contribution in [-0.2, 0) is 6.18 Å². The molecule has 0 bridgehead atoms. The van der Waals surface area contributed by atoms with Gasteiger partial charge in [-0.25, -0.2) is 4.39 Å². The van der Waals surface area contributed by atoms with Crippen molar-refractivity contribution in [2.45, 2.75) is 6.18 Å². The average molecular weight is 390 g/mol. The molecule has 0 spiro atoms. The summed E-state index contributed by atoms with van der Waals surface area (Å²) in [6.07, 6.45) is -3.66. The van der Waals surface area contributed by atoms with E-state index in [1.807, 2.05) is 0 Å². The van der Waals surface area contributed by atoms with Crippen molar-refractivity contribution >= 4 is 11.3 Å². The van der Waals surface area contributed by atoms with Crippen molar-refractivity contribution in [2.75, 3.05) is 5.32 Å². The summed E-state index contributed by atoms with van der Waals surface area (Å²) < 4.78 is 58.5. The zero-order valence-corrected chi connectivity index (χ0v) is 13.8. The molecule has 3 aromatic rings. The minimum absolute atomic E-state index is 0.0696. The van der Waals surface area contributed by atoms with Crippen molar-refractivity contribution in [1.29, 1.82) is 5.26 Å². The number of nitriles is 1. The number of hydrogen-bond acceptors (Lipinski definition) is 6. The molecular weight excluding hydrogens is 380 g/mol. The summed E-state index contributed by atoms with van der Waals surface area (Å²) >= 11 is 0. The highest BCUT2D eigenvalue weighted by Crippen LogP contribution is 2.38. The van der Waals surface area contributed by atoms with Crippen LogP contribution in [0, 0.1) is 17.1 Å². The van der Waals surface area contributed by atoms with Gasteiger partial charge in [-0.1, -0.05) is 0 Å². The Balaban J connectivity index is 1.89. The summed E-state index contributed by atoms with van der Waals surface area (Å²) in [5.74, 6) is -0.476. The molecule has 0 unspecified atom stereocenters. The van der Waals surface area contributed by atoms with Crippen LogP contribution < -0.4 is 10.1 Å². The zero-order valence-electron chi connectivity index (χ0n) is 13.8. The second kappa shape index (κ2) is 7.75. The van der Waals surface area contributed by atoms with Crippen molar-refractivity contribution in [3.63, 3.8) is 0 Å². The number of rotatable bonds is 5. The van der Waals surface area contributed by atoms with Gasteiger partial charge in [-0.2, -0.15) is 23.6 Å². The minimum Gasteiger partial charge on any atom is -0.457 e. The van der Waals surface area contributed by atoms with E-state index in [4.69, 9.17) is 10.00 Å². The van der Waals surface area contributed by atoms with Crippen LogP contribution in [0.2, 0.25) is 0 Å². The van der Waals surface area contributed by atoms with Gasteiger partial charge in [0.2, 0.25) is 5.82 Å². The first-order valence-corrected chi connectivity index (χ1v) is 7.62. The molecule has 0 saturated carbocycles. The van der Waals surface area contributed by atoms with Crippen LogP contribution in [0.4, 0.5) is 23.2 Å². The fourth-order valence-electron chi connectivity index (χ4n) is 2.16. The first-order chi connectivity index (χ1) is 13.4. The van der Waals surface area contributed by atoms with Gasteiger partial charge in [-0.15, -0.1) is 10.2 Å². The predicted molar refractivity (Wildman–Crippen MR) is 89.3 cm³/mol. The zero-order chi connectivity index (χ0) is 20.1. The van der Waals surface area contributed by atoms with Crippen LogP contribution in [0.15, 0.2) is 48.7 Å². The van der Waals surface area contributed by atoms with E-state index < -0.39 is 17.6 Å². The third-order valence-corrected chi connectivity index (χ3v) is 3.42. The molecule has 7 nitrogen and oxygen atoms in total. The van der Waals surface area contributed by atoms with Crippen LogP contribution in [0.5, 0.6) is 11.5 Å². The molecule has 0 aliphatic rings. The van der Waals surface area contributed by atoms with Gasteiger partial charge in [0.25, 0.3) is 0 Å². The molecule has 0 fully saturated rings. The number of nitrogens with one attached hydrogen (secondary N) is 2. The molecule has 0 atom stereocenters. The maximum atomic E-state index is 13.4. The van der Waals surface area contributed by atoms with Gasteiger partial charge in [0, 0.05) is 6.20 Å². The molecule has 2 aromatic carbocycles. The number of alkyl halides is 3. The SMILES string of the molecule is N#CC(=CNc1ccc(Oc2ccc(F)cc2)cc1C(F)(F)F)c1nn[nH]n1. The maximum absolute atomic E-state index is 13.4. The molecule has 28 heavy (non-hydrogen) atoms. The third-order valence-electron chi connectivity index (χ3n) is 3.42. The minimum atomic E-state index is -4.70. The van der Waals surface area contributed by atoms with E-state index in [2.05, 4.69) is 25.9 Å². The molecule has 3 rings (SSSR count). The Morgan fingerprint density at radius 3 is 2.46 bits per heavy atom. The first kappa shape index (κ1) is 18.8. The van der Waals surface area contributed by atoms with Gasteiger partial charge in [0.1, 0.15) is 29.0 Å². The lowest BCUT2D eigenvalue weighted by molar-refractivity contribution is -0.137. The van der Waals surface area contributed by atoms with E-state index in [-0.39, 0.29) is 28.6 Å². The molecule has 1 heterocycles. The quantitative estimate of drug-likeness (QED) is 0.502. The Kier molecular flexibility index (Phi) is 5.21. The highest BCUT2D eigenvalue weighted by molar-refractivity contribution is 5.74. The third kappa shape index (κ3) is 4.42. The number of aromatic nitrogens is 4. The van der Waals surface area contributed by atoms with Crippen LogP contribution in [-0.4, -0.2) is 20.6 Å². The average Bonchev–Trinajstić information content (AvgIpc) is 3.19. The van der Waals surface area contributed by atoms with Gasteiger partial charge in [-0.05, 0) is 47.7 Å².